The lowest BCUT2D eigenvalue weighted by Crippen LogP contribution is -2.52. The number of anilines is 1. The molecule has 2 heterocycles. The number of pyridine rings is 1. The zero-order chi connectivity index (χ0) is 22.5. The van der Waals surface area contributed by atoms with Crippen molar-refractivity contribution < 1.29 is 22.7 Å². The average molecular weight is 443 g/mol. The van der Waals surface area contributed by atoms with Crippen LogP contribution in [-0.4, -0.2) is 71.7 Å². The van der Waals surface area contributed by atoms with Crippen molar-refractivity contribution in [1.29, 1.82) is 0 Å². The summed E-state index contributed by atoms with van der Waals surface area (Å²) in [6.45, 7) is 9.94. The number of hydrogen-bond donors (Lipinski definition) is 1. The molecule has 2 aliphatic rings. The topological polar surface area (TPSA) is 57.7 Å². The number of carbonyl (C=O) groups excluding carboxylic acids is 1. The first kappa shape index (κ1) is 23.9. The number of aromatic nitrogens is 1. The van der Waals surface area contributed by atoms with Crippen molar-refractivity contribution in [1.82, 2.24) is 14.8 Å². The third-order valence-electron chi connectivity index (χ3n) is 6.08. The second-order valence-electron chi connectivity index (χ2n) is 8.78. The SMILES string of the molecule is CC(C)OCCN1CCN(C2(CCCC(=O)Nc3cccc(C(F)(F)F)n3)CC2)CC1. The van der Waals surface area contributed by atoms with E-state index in [4.69, 9.17) is 4.74 Å². The van der Waals surface area contributed by atoms with Gasteiger partial charge in [-0.1, -0.05) is 6.07 Å². The highest BCUT2D eigenvalue weighted by Crippen LogP contribution is 2.46. The Labute approximate surface area is 182 Å². The van der Waals surface area contributed by atoms with E-state index in [2.05, 4.69) is 20.1 Å². The maximum atomic E-state index is 12.8. The van der Waals surface area contributed by atoms with Crippen molar-refractivity contribution >= 4 is 11.7 Å². The van der Waals surface area contributed by atoms with E-state index < -0.39 is 11.9 Å². The molecule has 1 aliphatic heterocycles. The Hall–Kier alpha value is -1.71. The first-order chi connectivity index (χ1) is 14.7. The molecule has 0 radical (unpaired) electrons. The fourth-order valence-electron chi connectivity index (χ4n) is 4.18. The number of nitrogens with zero attached hydrogens (tertiary/aromatic N) is 3. The minimum absolute atomic E-state index is 0.0569. The predicted octanol–water partition coefficient (Wildman–Crippen LogP) is 3.78. The zero-order valence-electron chi connectivity index (χ0n) is 18.4. The summed E-state index contributed by atoms with van der Waals surface area (Å²) in [6.07, 6.45) is -0.0187. The smallest absolute Gasteiger partial charge is 0.377 e. The Morgan fingerprint density at radius 1 is 1.23 bits per heavy atom. The molecule has 1 saturated heterocycles. The molecule has 1 aliphatic carbocycles. The summed E-state index contributed by atoms with van der Waals surface area (Å²) in [4.78, 5) is 20.7. The maximum absolute atomic E-state index is 12.8. The highest BCUT2D eigenvalue weighted by molar-refractivity contribution is 5.89. The molecular weight excluding hydrogens is 409 g/mol. The molecule has 0 aromatic carbocycles. The molecule has 174 valence electrons. The van der Waals surface area contributed by atoms with Crippen LogP contribution in [0.1, 0.15) is 51.6 Å². The molecule has 0 bridgehead atoms. The van der Waals surface area contributed by atoms with Crippen LogP contribution in [0.15, 0.2) is 18.2 Å². The lowest BCUT2D eigenvalue weighted by atomic mass is 10.0. The Kier molecular flexibility index (Phi) is 7.93. The molecule has 3 rings (SSSR count). The van der Waals surface area contributed by atoms with Gasteiger partial charge in [0.1, 0.15) is 11.5 Å². The third kappa shape index (κ3) is 7.15. The Balaban J connectivity index is 1.37. The van der Waals surface area contributed by atoms with Gasteiger partial charge in [-0.25, -0.2) is 4.98 Å². The van der Waals surface area contributed by atoms with Crippen LogP contribution in [0.5, 0.6) is 0 Å². The third-order valence-corrected chi connectivity index (χ3v) is 6.08. The largest absolute Gasteiger partial charge is 0.433 e. The van der Waals surface area contributed by atoms with Crippen LogP contribution in [0, 0.1) is 0 Å². The number of alkyl halides is 3. The summed E-state index contributed by atoms with van der Waals surface area (Å²) in [5.41, 5.74) is -0.799. The number of piperazine rings is 1. The predicted molar refractivity (Wildman–Crippen MR) is 113 cm³/mol. The Morgan fingerprint density at radius 3 is 2.55 bits per heavy atom. The van der Waals surface area contributed by atoms with Crippen LogP contribution >= 0.6 is 0 Å². The van der Waals surface area contributed by atoms with Crippen molar-refractivity contribution in [3.05, 3.63) is 23.9 Å². The number of carbonyl (C=O) groups is 1. The normalized spacial score (nSPS) is 19.5. The summed E-state index contributed by atoms with van der Waals surface area (Å²) in [7, 11) is 0. The van der Waals surface area contributed by atoms with Crippen molar-refractivity contribution in [3.63, 3.8) is 0 Å². The summed E-state index contributed by atoms with van der Waals surface area (Å²) < 4.78 is 43.9. The van der Waals surface area contributed by atoms with E-state index in [9.17, 15) is 18.0 Å². The van der Waals surface area contributed by atoms with E-state index in [0.717, 1.165) is 64.7 Å². The van der Waals surface area contributed by atoms with Gasteiger partial charge in [-0.05, 0) is 51.7 Å². The number of rotatable bonds is 10. The van der Waals surface area contributed by atoms with E-state index in [0.29, 0.717) is 6.42 Å². The van der Waals surface area contributed by atoms with Crippen LogP contribution in [0.4, 0.5) is 19.0 Å². The zero-order valence-corrected chi connectivity index (χ0v) is 18.4. The molecule has 1 amide bonds. The van der Waals surface area contributed by atoms with Gasteiger partial charge in [-0.15, -0.1) is 0 Å². The Morgan fingerprint density at radius 2 is 1.94 bits per heavy atom. The molecule has 0 spiro atoms. The fourth-order valence-corrected chi connectivity index (χ4v) is 4.18. The van der Waals surface area contributed by atoms with E-state index in [1.165, 1.54) is 12.1 Å². The standard InChI is InChI=1S/C22H33F3N4O2/c1-17(2)31-16-15-28-11-13-29(14-12-28)21(9-10-21)8-4-7-20(30)27-19-6-3-5-18(26-19)22(23,24)25/h3,5-6,17H,4,7-16H2,1-2H3,(H,26,27,30). The number of halogens is 3. The van der Waals surface area contributed by atoms with Crippen LogP contribution in [0.25, 0.3) is 0 Å². The number of amides is 1. The second-order valence-corrected chi connectivity index (χ2v) is 8.78. The molecule has 0 atom stereocenters. The van der Waals surface area contributed by atoms with Gasteiger partial charge < -0.3 is 10.1 Å². The first-order valence-electron chi connectivity index (χ1n) is 11.1. The van der Waals surface area contributed by atoms with Crippen LogP contribution < -0.4 is 5.32 Å². The highest BCUT2D eigenvalue weighted by atomic mass is 19.4. The molecule has 2 fully saturated rings. The van der Waals surface area contributed by atoms with Gasteiger partial charge >= 0.3 is 6.18 Å². The van der Waals surface area contributed by atoms with E-state index in [-0.39, 0.29) is 29.8 Å². The molecule has 6 nitrogen and oxygen atoms in total. The lowest BCUT2D eigenvalue weighted by molar-refractivity contribution is -0.141. The van der Waals surface area contributed by atoms with E-state index >= 15 is 0 Å². The van der Waals surface area contributed by atoms with E-state index in [1.54, 1.807) is 0 Å². The van der Waals surface area contributed by atoms with Crippen LogP contribution in [0.2, 0.25) is 0 Å². The summed E-state index contributed by atoms with van der Waals surface area (Å²) in [5, 5.41) is 2.49. The lowest BCUT2D eigenvalue weighted by Gasteiger charge is -2.40. The second kappa shape index (κ2) is 10.3. The van der Waals surface area contributed by atoms with Gasteiger partial charge in [-0.3, -0.25) is 14.6 Å². The quantitative estimate of drug-likeness (QED) is 0.598. The average Bonchev–Trinajstić information content (AvgIpc) is 3.49. The molecule has 1 saturated carbocycles. The van der Waals surface area contributed by atoms with Crippen molar-refractivity contribution in [2.24, 2.45) is 0 Å². The van der Waals surface area contributed by atoms with Gasteiger partial charge in [0, 0.05) is 44.7 Å². The Bertz CT molecular complexity index is 730. The van der Waals surface area contributed by atoms with Gasteiger partial charge in [-0.2, -0.15) is 13.2 Å². The first-order valence-corrected chi connectivity index (χ1v) is 11.1. The van der Waals surface area contributed by atoms with Crippen molar-refractivity contribution in [3.8, 4) is 0 Å². The van der Waals surface area contributed by atoms with Crippen molar-refractivity contribution in [2.45, 2.75) is 63.8 Å². The molecule has 1 aromatic rings. The van der Waals surface area contributed by atoms with Gasteiger partial charge in [0.05, 0.1) is 12.7 Å². The molecule has 1 N–H and O–H groups in total. The van der Waals surface area contributed by atoms with Crippen LogP contribution in [0.3, 0.4) is 0 Å². The molecule has 0 unspecified atom stereocenters. The molecule has 31 heavy (non-hydrogen) atoms. The van der Waals surface area contributed by atoms with Gasteiger partial charge in [0.25, 0.3) is 0 Å². The van der Waals surface area contributed by atoms with E-state index in [1.807, 2.05) is 13.8 Å². The number of hydrogen-bond acceptors (Lipinski definition) is 5. The molecular formula is C22H33F3N4O2. The summed E-state index contributed by atoms with van der Waals surface area (Å²) in [5.74, 6) is -0.351. The molecule has 9 heteroatoms. The minimum Gasteiger partial charge on any atom is -0.377 e. The number of nitrogens with one attached hydrogen (secondary N) is 1. The highest BCUT2D eigenvalue weighted by Gasteiger charge is 2.47. The minimum atomic E-state index is -4.52. The van der Waals surface area contributed by atoms with Gasteiger partial charge in [0.2, 0.25) is 5.91 Å². The fraction of sp³-hybridized carbons (Fsp3) is 0.727. The number of ether oxygens (including phenoxy) is 1. The monoisotopic (exact) mass is 442 g/mol. The summed E-state index contributed by atoms with van der Waals surface area (Å²) >= 11 is 0. The van der Waals surface area contributed by atoms with Crippen molar-refractivity contribution in [2.75, 3.05) is 44.6 Å². The van der Waals surface area contributed by atoms with Gasteiger partial charge in [0.15, 0.2) is 0 Å². The molecule has 1 aromatic heterocycles. The maximum Gasteiger partial charge on any atom is 0.433 e. The van der Waals surface area contributed by atoms with Crippen LogP contribution in [-0.2, 0) is 15.7 Å². The summed E-state index contributed by atoms with van der Waals surface area (Å²) in [6, 6.07) is 3.52.